The van der Waals surface area contributed by atoms with Crippen molar-refractivity contribution in [3.63, 3.8) is 0 Å². The first-order valence-corrected chi connectivity index (χ1v) is 9.15. The van der Waals surface area contributed by atoms with Crippen LogP contribution < -0.4 is 14.2 Å². The number of methoxy groups -OCH3 is 1. The number of fused-ring (bicyclic) bond motifs is 3. The Morgan fingerprint density at radius 3 is 2.81 bits per heavy atom. The summed E-state index contributed by atoms with van der Waals surface area (Å²) in [5, 5.41) is 0. The molecule has 0 aromatic heterocycles. The normalized spacial score (nSPS) is 17.5. The van der Waals surface area contributed by atoms with Gasteiger partial charge in [0.05, 0.1) is 18.2 Å². The van der Waals surface area contributed by atoms with E-state index in [1.54, 1.807) is 19.3 Å². The van der Waals surface area contributed by atoms with Gasteiger partial charge >= 0.3 is 0 Å². The maximum absolute atomic E-state index is 12.9. The monoisotopic (exact) mass is 365 g/mol. The summed E-state index contributed by atoms with van der Waals surface area (Å²) >= 11 is 0. The van der Waals surface area contributed by atoms with Crippen LogP contribution in [-0.4, -0.2) is 31.1 Å². The first-order valence-electron chi connectivity index (χ1n) is 9.15. The van der Waals surface area contributed by atoms with Gasteiger partial charge in [0.2, 0.25) is 5.78 Å². The Bertz CT molecular complexity index is 917. The van der Waals surface area contributed by atoms with Crippen LogP contribution in [0, 0.1) is 5.92 Å². The summed E-state index contributed by atoms with van der Waals surface area (Å²) in [6.45, 7) is 6.56. The number of allylic oxidation sites excluding steroid dienone is 1. The maximum atomic E-state index is 12.9. The Hall–Kier alpha value is -2.79. The highest BCUT2D eigenvalue weighted by molar-refractivity contribution is 6.15. The van der Waals surface area contributed by atoms with Crippen LogP contribution in [0.5, 0.6) is 17.2 Å². The fourth-order valence-electron chi connectivity index (χ4n) is 3.56. The number of Topliss-reactive ketones (excluding diaryl/α,β-unsaturated/α-hetero) is 1. The van der Waals surface area contributed by atoms with Crippen LogP contribution in [0.25, 0.3) is 6.08 Å². The molecule has 0 N–H and O–H groups in total. The minimum Gasteiger partial charge on any atom is -0.496 e. The fourth-order valence-corrected chi connectivity index (χ4v) is 3.56. The second-order valence-corrected chi connectivity index (χ2v) is 7.28. The van der Waals surface area contributed by atoms with Crippen molar-refractivity contribution in [1.29, 1.82) is 0 Å². The zero-order valence-electron chi connectivity index (χ0n) is 15.8. The SMILES string of the molecule is COc1ccccc1/C=C1\Oc2c(ccc3c2CN(CC(C)C)CO3)C1=O. The van der Waals surface area contributed by atoms with Gasteiger partial charge in [-0.2, -0.15) is 0 Å². The molecule has 0 saturated heterocycles. The van der Waals surface area contributed by atoms with Gasteiger partial charge in [0.25, 0.3) is 0 Å². The molecule has 2 aliphatic rings. The van der Waals surface area contributed by atoms with E-state index in [0.717, 1.165) is 23.4 Å². The lowest BCUT2D eigenvalue weighted by Crippen LogP contribution is -2.34. The Balaban J connectivity index is 1.68. The molecular weight excluding hydrogens is 342 g/mol. The van der Waals surface area contributed by atoms with Crippen LogP contribution in [0.3, 0.4) is 0 Å². The molecule has 4 rings (SSSR count). The van der Waals surface area contributed by atoms with Crippen molar-refractivity contribution < 1.29 is 19.0 Å². The zero-order chi connectivity index (χ0) is 19.0. The summed E-state index contributed by atoms with van der Waals surface area (Å²) < 4.78 is 17.3. The fraction of sp³-hybridized carbons (Fsp3) is 0.318. The van der Waals surface area contributed by atoms with Crippen molar-refractivity contribution in [3.8, 4) is 17.2 Å². The molecule has 2 heterocycles. The van der Waals surface area contributed by atoms with Crippen molar-refractivity contribution in [2.24, 2.45) is 5.92 Å². The Morgan fingerprint density at radius 2 is 2.04 bits per heavy atom. The summed E-state index contributed by atoms with van der Waals surface area (Å²) in [4.78, 5) is 15.1. The van der Waals surface area contributed by atoms with E-state index >= 15 is 0 Å². The van der Waals surface area contributed by atoms with Crippen LogP contribution >= 0.6 is 0 Å². The number of rotatable bonds is 4. The lowest BCUT2D eigenvalue weighted by molar-refractivity contribution is 0.0832. The molecule has 5 nitrogen and oxygen atoms in total. The lowest BCUT2D eigenvalue weighted by atomic mass is 10.0. The van der Waals surface area contributed by atoms with E-state index in [2.05, 4.69) is 18.7 Å². The molecule has 140 valence electrons. The lowest BCUT2D eigenvalue weighted by Gasteiger charge is -2.30. The molecule has 0 spiro atoms. The van der Waals surface area contributed by atoms with Crippen molar-refractivity contribution in [2.75, 3.05) is 20.4 Å². The minimum atomic E-state index is -0.111. The number of hydrogen-bond donors (Lipinski definition) is 0. The van der Waals surface area contributed by atoms with E-state index < -0.39 is 0 Å². The van der Waals surface area contributed by atoms with E-state index in [0.29, 0.717) is 42.0 Å². The van der Waals surface area contributed by atoms with E-state index in [9.17, 15) is 4.79 Å². The third kappa shape index (κ3) is 3.30. The second kappa shape index (κ2) is 7.08. The van der Waals surface area contributed by atoms with Crippen molar-refractivity contribution >= 4 is 11.9 Å². The molecule has 0 atom stereocenters. The standard InChI is InChI=1S/C22H23NO4/c1-14(2)11-23-12-17-19(26-13-23)9-8-16-21(24)20(27-22(16)17)10-15-6-4-5-7-18(15)25-3/h4-10,14H,11-13H2,1-3H3/b20-10-. The zero-order valence-corrected chi connectivity index (χ0v) is 15.8. The third-order valence-corrected chi connectivity index (χ3v) is 4.73. The van der Waals surface area contributed by atoms with Gasteiger partial charge in [0.1, 0.15) is 24.0 Å². The second-order valence-electron chi connectivity index (χ2n) is 7.28. The van der Waals surface area contributed by atoms with Gasteiger partial charge in [-0.1, -0.05) is 32.0 Å². The van der Waals surface area contributed by atoms with Gasteiger partial charge in [-0.3, -0.25) is 9.69 Å². The quantitative estimate of drug-likeness (QED) is 0.763. The summed E-state index contributed by atoms with van der Waals surface area (Å²) in [6, 6.07) is 11.2. The summed E-state index contributed by atoms with van der Waals surface area (Å²) in [5.41, 5.74) is 2.34. The molecule has 2 aromatic carbocycles. The molecule has 27 heavy (non-hydrogen) atoms. The topological polar surface area (TPSA) is 48.0 Å². The number of carbonyl (C=O) groups excluding carboxylic acids is 1. The number of ketones is 1. The van der Waals surface area contributed by atoms with Crippen LogP contribution in [-0.2, 0) is 6.54 Å². The average Bonchev–Trinajstić information content (AvgIpc) is 2.98. The van der Waals surface area contributed by atoms with Gasteiger partial charge in [-0.15, -0.1) is 0 Å². The summed E-state index contributed by atoms with van der Waals surface area (Å²) in [7, 11) is 1.61. The summed E-state index contributed by atoms with van der Waals surface area (Å²) in [6.07, 6.45) is 1.74. The van der Waals surface area contributed by atoms with Crippen LogP contribution in [0.1, 0.15) is 35.3 Å². The van der Waals surface area contributed by atoms with E-state index in [-0.39, 0.29) is 5.78 Å². The molecule has 5 heteroatoms. The average molecular weight is 365 g/mol. The number of carbonyl (C=O) groups is 1. The molecule has 0 aliphatic carbocycles. The molecule has 0 fully saturated rings. The van der Waals surface area contributed by atoms with Gasteiger partial charge in [0.15, 0.2) is 5.76 Å². The minimum absolute atomic E-state index is 0.111. The van der Waals surface area contributed by atoms with Gasteiger partial charge in [0, 0.05) is 18.7 Å². The highest BCUT2D eigenvalue weighted by Gasteiger charge is 2.33. The van der Waals surface area contributed by atoms with Gasteiger partial charge in [-0.25, -0.2) is 0 Å². The number of para-hydroxylation sites is 1. The predicted octanol–water partition coefficient (Wildman–Crippen LogP) is 4.12. The van der Waals surface area contributed by atoms with Crippen molar-refractivity contribution in [3.05, 3.63) is 58.8 Å². The van der Waals surface area contributed by atoms with E-state index in [4.69, 9.17) is 14.2 Å². The Labute approximate surface area is 159 Å². The largest absolute Gasteiger partial charge is 0.496 e. The Morgan fingerprint density at radius 1 is 1.22 bits per heavy atom. The van der Waals surface area contributed by atoms with Crippen LogP contribution in [0.2, 0.25) is 0 Å². The predicted molar refractivity (Wildman–Crippen MR) is 103 cm³/mol. The number of ether oxygens (including phenoxy) is 3. The number of benzene rings is 2. The van der Waals surface area contributed by atoms with Crippen LogP contribution in [0.4, 0.5) is 0 Å². The van der Waals surface area contributed by atoms with Crippen molar-refractivity contribution in [2.45, 2.75) is 20.4 Å². The molecule has 0 radical (unpaired) electrons. The number of hydrogen-bond acceptors (Lipinski definition) is 5. The van der Waals surface area contributed by atoms with Gasteiger partial charge in [-0.05, 0) is 30.2 Å². The molecule has 0 bridgehead atoms. The summed E-state index contributed by atoms with van der Waals surface area (Å²) in [5.74, 6) is 2.84. The van der Waals surface area contributed by atoms with Gasteiger partial charge < -0.3 is 14.2 Å². The first-order chi connectivity index (χ1) is 13.1. The molecule has 0 unspecified atom stereocenters. The smallest absolute Gasteiger partial charge is 0.231 e. The first kappa shape index (κ1) is 17.6. The van der Waals surface area contributed by atoms with E-state index in [1.165, 1.54) is 0 Å². The molecule has 0 amide bonds. The van der Waals surface area contributed by atoms with Crippen molar-refractivity contribution in [1.82, 2.24) is 4.90 Å². The van der Waals surface area contributed by atoms with E-state index in [1.807, 2.05) is 30.3 Å². The molecule has 0 saturated carbocycles. The highest BCUT2D eigenvalue weighted by atomic mass is 16.5. The molecular formula is C22H23NO4. The molecule has 2 aliphatic heterocycles. The maximum Gasteiger partial charge on any atom is 0.231 e. The van der Waals surface area contributed by atoms with Crippen LogP contribution in [0.15, 0.2) is 42.2 Å². The molecule has 2 aromatic rings. The Kier molecular flexibility index (Phi) is 4.62. The number of nitrogens with zero attached hydrogens (tertiary/aromatic N) is 1. The highest BCUT2D eigenvalue weighted by Crippen LogP contribution is 2.42. The third-order valence-electron chi connectivity index (χ3n) is 4.73.